The van der Waals surface area contributed by atoms with Gasteiger partial charge in [0, 0.05) is 23.8 Å². The van der Waals surface area contributed by atoms with E-state index in [1.165, 1.54) is 0 Å². The number of thiophene rings is 1. The maximum Gasteiger partial charge on any atom is 0.225 e. The molecule has 0 aliphatic carbocycles. The van der Waals surface area contributed by atoms with Crippen molar-refractivity contribution in [3.63, 3.8) is 0 Å². The van der Waals surface area contributed by atoms with Crippen molar-refractivity contribution in [2.75, 3.05) is 0 Å². The minimum atomic E-state index is 0.0340. The van der Waals surface area contributed by atoms with Crippen molar-refractivity contribution in [3.8, 4) is 0 Å². The van der Waals surface area contributed by atoms with Gasteiger partial charge in [0.25, 0.3) is 0 Å². The molecule has 0 spiro atoms. The summed E-state index contributed by atoms with van der Waals surface area (Å²) < 4.78 is 0. The number of nitrogens with zero attached hydrogens (tertiary/aromatic N) is 2. The standard InChI is InChI=1S/C15H13N3OS/c19-15(9-12-2-1-7-20-12)18-10-11-3-4-13-14(8-11)17-6-5-16-13/h1-8H,9-10H2,(H,18,19). The van der Waals surface area contributed by atoms with Crippen molar-refractivity contribution in [3.05, 3.63) is 58.5 Å². The van der Waals surface area contributed by atoms with E-state index in [2.05, 4.69) is 15.3 Å². The van der Waals surface area contributed by atoms with E-state index in [0.717, 1.165) is 21.5 Å². The molecule has 2 aromatic heterocycles. The number of nitrogens with one attached hydrogen (secondary N) is 1. The zero-order valence-corrected chi connectivity index (χ0v) is 11.6. The van der Waals surface area contributed by atoms with Crippen LogP contribution in [0, 0.1) is 0 Å². The van der Waals surface area contributed by atoms with Gasteiger partial charge in [0.1, 0.15) is 0 Å². The van der Waals surface area contributed by atoms with Crippen LogP contribution in [-0.4, -0.2) is 15.9 Å². The van der Waals surface area contributed by atoms with E-state index >= 15 is 0 Å². The maximum atomic E-state index is 11.8. The number of carbonyl (C=O) groups is 1. The highest BCUT2D eigenvalue weighted by Crippen LogP contribution is 2.11. The number of rotatable bonds is 4. The van der Waals surface area contributed by atoms with Crippen LogP contribution < -0.4 is 5.32 Å². The third kappa shape index (κ3) is 3.00. The average molecular weight is 283 g/mol. The molecule has 0 aliphatic heterocycles. The van der Waals surface area contributed by atoms with Gasteiger partial charge in [-0.05, 0) is 29.1 Å². The molecule has 4 nitrogen and oxygen atoms in total. The summed E-state index contributed by atoms with van der Waals surface area (Å²) in [4.78, 5) is 21.4. The Morgan fingerprint density at radius 1 is 1.15 bits per heavy atom. The molecule has 1 N–H and O–H groups in total. The van der Waals surface area contributed by atoms with Gasteiger partial charge in [-0.15, -0.1) is 11.3 Å². The number of fused-ring (bicyclic) bond motifs is 1. The summed E-state index contributed by atoms with van der Waals surface area (Å²) in [6, 6.07) is 9.75. The predicted octanol–water partition coefficient (Wildman–Crippen LogP) is 2.55. The lowest BCUT2D eigenvalue weighted by atomic mass is 10.2. The molecule has 1 aromatic carbocycles. The molecule has 0 atom stereocenters. The molecule has 0 saturated carbocycles. The fourth-order valence-corrected chi connectivity index (χ4v) is 2.66. The quantitative estimate of drug-likeness (QED) is 0.800. The van der Waals surface area contributed by atoms with Crippen LogP contribution >= 0.6 is 11.3 Å². The van der Waals surface area contributed by atoms with Crippen LogP contribution in [0.25, 0.3) is 11.0 Å². The summed E-state index contributed by atoms with van der Waals surface area (Å²) in [6.45, 7) is 0.511. The first-order valence-corrected chi connectivity index (χ1v) is 7.18. The van der Waals surface area contributed by atoms with Crippen LogP contribution in [0.1, 0.15) is 10.4 Å². The Labute approximate surface area is 120 Å². The van der Waals surface area contributed by atoms with Crippen LogP contribution in [0.15, 0.2) is 48.1 Å². The van der Waals surface area contributed by atoms with Gasteiger partial charge in [-0.2, -0.15) is 0 Å². The summed E-state index contributed by atoms with van der Waals surface area (Å²) >= 11 is 1.60. The first kappa shape index (κ1) is 12.7. The van der Waals surface area contributed by atoms with Crippen molar-refractivity contribution in [1.82, 2.24) is 15.3 Å². The molecular formula is C15H13N3OS. The minimum absolute atomic E-state index is 0.0340. The highest BCUT2D eigenvalue weighted by atomic mass is 32.1. The van der Waals surface area contributed by atoms with Crippen molar-refractivity contribution in [2.24, 2.45) is 0 Å². The van der Waals surface area contributed by atoms with Gasteiger partial charge in [0.2, 0.25) is 5.91 Å². The van der Waals surface area contributed by atoms with Crippen molar-refractivity contribution >= 4 is 28.3 Å². The van der Waals surface area contributed by atoms with Crippen molar-refractivity contribution < 1.29 is 4.79 Å². The Morgan fingerprint density at radius 2 is 2.00 bits per heavy atom. The van der Waals surface area contributed by atoms with E-state index in [0.29, 0.717) is 13.0 Å². The lowest BCUT2D eigenvalue weighted by Crippen LogP contribution is -2.24. The Morgan fingerprint density at radius 3 is 2.80 bits per heavy atom. The fraction of sp³-hybridized carbons (Fsp3) is 0.133. The number of aromatic nitrogens is 2. The number of amides is 1. The topological polar surface area (TPSA) is 54.9 Å². The highest BCUT2D eigenvalue weighted by molar-refractivity contribution is 7.10. The summed E-state index contributed by atoms with van der Waals surface area (Å²) in [5, 5.41) is 4.90. The van der Waals surface area contributed by atoms with Crippen LogP contribution in [-0.2, 0) is 17.8 Å². The van der Waals surface area contributed by atoms with E-state index in [1.807, 2.05) is 35.7 Å². The molecule has 0 unspecified atom stereocenters. The molecule has 0 saturated heterocycles. The van der Waals surface area contributed by atoms with Gasteiger partial charge < -0.3 is 5.32 Å². The minimum Gasteiger partial charge on any atom is -0.352 e. The largest absolute Gasteiger partial charge is 0.352 e. The normalized spacial score (nSPS) is 10.6. The number of hydrogen-bond acceptors (Lipinski definition) is 4. The number of hydrogen-bond donors (Lipinski definition) is 1. The summed E-state index contributed by atoms with van der Waals surface area (Å²) in [5.41, 5.74) is 2.73. The van der Waals surface area contributed by atoms with Crippen LogP contribution in [0.2, 0.25) is 0 Å². The van der Waals surface area contributed by atoms with Crippen molar-refractivity contribution in [2.45, 2.75) is 13.0 Å². The molecule has 3 rings (SSSR count). The Balaban J connectivity index is 1.63. The van der Waals surface area contributed by atoms with Crippen molar-refractivity contribution in [1.29, 1.82) is 0 Å². The molecule has 3 aromatic rings. The molecule has 2 heterocycles. The van der Waals surface area contributed by atoms with E-state index < -0.39 is 0 Å². The van der Waals surface area contributed by atoms with E-state index in [9.17, 15) is 4.79 Å². The summed E-state index contributed by atoms with van der Waals surface area (Å²) in [7, 11) is 0. The molecule has 5 heteroatoms. The molecule has 1 amide bonds. The van der Waals surface area contributed by atoms with Gasteiger partial charge in [0.15, 0.2) is 0 Å². The first-order valence-electron chi connectivity index (χ1n) is 6.30. The zero-order valence-electron chi connectivity index (χ0n) is 10.7. The van der Waals surface area contributed by atoms with E-state index in [-0.39, 0.29) is 5.91 Å². The third-order valence-corrected chi connectivity index (χ3v) is 3.81. The number of benzene rings is 1. The van der Waals surface area contributed by atoms with Gasteiger partial charge in [0.05, 0.1) is 17.5 Å². The number of carbonyl (C=O) groups excluding carboxylic acids is 1. The molecule has 20 heavy (non-hydrogen) atoms. The molecule has 0 aliphatic rings. The van der Waals surface area contributed by atoms with Gasteiger partial charge in [-0.25, -0.2) is 0 Å². The summed E-state index contributed by atoms with van der Waals surface area (Å²) in [6.07, 6.45) is 3.78. The first-order chi connectivity index (χ1) is 9.81. The van der Waals surface area contributed by atoms with E-state index in [1.54, 1.807) is 23.7 Å². The highest BCUT2D eigenvalue weighted by Gasteiger charge is 2.04. The van der Waals surface area contributed by atoms with E-state index in [4.69, 9.17) is 0 Å². The maximum absolute atomic E-state index is 11.8. The molecule has 0 radical (unpaired) electrons. The SMILES string of the molecule is O=C(Cc1cccs1)NCc1ccc2nccnc2c1. The lowest BCUT2D eigenvalue weighted by molar-refractivity contribution is -0.120. The molecule has 0 bridgehead atoms. The third-order valence-electron chi connectivity index (χ3n) is 2.94. The lowest BCUT2D eigenvalue weighted by Gasteiger charge is -2.05. The van der Waals surface area contributed by atoms with Crippen LogP contribution in [0.3, 0.4) is 0 Å². The second-order valence-electron chi connectivity index (χ2n) is 4.41. The molecule has 100 valence electrons. The van der Waals surface area contributed by atoms with Crippen LogP contribution in [0.5, 0.6) is 0 Å². The van der Waals surface area contributed by atoms with Gasteiger partial charge in [-0.3, -0.25) is 14.8 Å². The molecular weight excluding hydrogens is 270 g/mol. The Hall–Kier alpha value is -2.27. The zero-order chi connectivity index (χ0) is 13.8. The second kappa shape index (κ2) is 5.79. The van der Waals surface area contributed by atoms with Gasteiger partial charge >= 0.3 is 0 Å². The second-order valence-corrected chi connectivity index (χ2v) is 5.44. The van der Waals surface area contributed by atoms with Gasteiger partial charge in [-0.1, -0.05) is 12.1 Å². The monoisotopic (exact) mass is 283 g/mol. The average Bonchev–Trinajstić information content (AvgIpc) is 2.98. The fourth-order valence-electron chi connectivity index (χ4n) is 1.95. The predicted molar refractivity (Wildman–Crippen MR) is 79.4 cm³/mol. The summed E-state index contributed by atoms with van der Waals surface area (Å²) in [5.74, 6) is 0.0340. The Bertz CT molecular complexity index is 725. The smallest absolute Gasteiger partial charge is 0.225 e. The Kier molecular flexibility index (Phi) is 3.69. The van der Waals surface area contributed by atoms with Crippen LogP contribution in [0.4, 0.5) is 0 Å². The molecule has 0 fully saturated rings.